The van der Waals surface area contributed by atoms with Crippen LogP contribution in [0.25, 0.3) is 0 Å². The quantitative estimate of drug-likeness (QED) is 0.623. The highest BCUT2D eigenvalue weighted by atomic mass is 16.5. The monoisotopic (exact) mass is 387 g/mol. The lowest BCUT2D eigenvalue weighted by Gasteiger charge is -2.40. The molecule has 148 valence electrons. The smallest absolute Gasteiger partial charge is 0.249 e. The number of amides is 1. The molecule has 0 N–H and O–H groups in total. The van der Waals surface area contributed by atoms with Crippen molar-refractivity contribution in [3.8, 4) is 5.75 Å². The van der Waals surface area contributed by atoms with Crippen LogP contribution in [0.3, 0.4) is 0 Å². The maximum Gasteiger partial charge on any atom is 0.249 e. The molecule has 0 saturated carbocycles. The van der Waals surface area contributed by atoms with Crippen molar-refractivity contribution < 1.29 is 14.3 Å². The highest BCUT2D eigenvalue weighted by Crippen LogP contribution is 2.31. The molecule has 0 bridgehead atoms. The lowest BCUT2D eigenvalue weighted by atomic mass is 9.93. The maximum absolute atomic E-state index is 12.4. The summed E-state index contributed by atoms with van der Waals surface area (Å²) in [4.78, 5) is 14.2. The number of nitrogens with zero attached hydrogens (tertiary/aromatic N) is 1. The first-order valence-electron chi connectivity index (χ1n) is 9.85. The SMILES string of the molecule is CC1(c2ccc(OCc3ccccc3)cc2)CN(Cc2ccccc2)C(=O)CO1. The van der Waals surface area contributed by atoms with Crippen LogP contribution in [0.2, 0.25) is 0 Å². The van der Waals surface area contributed by atoms with Crippen molar-refractivity contribution in [2.24, 2.45) is 0 Å². The van der Waals surface area contributed by atoms with Crippen molar-refractivity contribution in [3.05, 3.63) is 102 Å². The van der Waals surface area contributed by atoms with Crippen LogP contribution < -0.4 is 4.74 Å². The van der Waals surface area contributed by atoms with Crippen molar-refractivity contribution in [3.63, 3.8) is 0 Å². The number of carbonyl (C=O) groups excluding carboxylic acids is 1. The standard InChI is InChI=1S/C25H25NO3/c1-25(19-26(24(27)18-29-25)16-20-8-4-2-5-9-20)22-12-14-23(15-13-22)28-17-21-10-6-3-7-11-21/h2-15H,16-19H2,1H3. The van der Waals surface area contributed by atoms with Gasteiger partial charge in [0.2, 0.25) is 5.91 Å². The minimum Gasteiger partial charge on any atom is -0.489 e. The van der Waals surface area contributed by atoms with E-state index in [9.17, 15) is 4.79 Å². The fourth-order valence-electron chi connectivity index (χ4n) is 3.58. The number of morpholine rings is 1. The van der Waals surface area contributed by atoms with E-state index in [0.29, 0.717) is 19.7 Å². The number of carbonyl (C=O) groups is 1. The largest absolute Gasteiger partial charge is 0.489 e. The van der Waals surface area contributed by atoms with Gasteiger partial charge in [0.25, 0.3) is 0 Å². The average molecular weight is 387 g/mol. The molecule has 1 unspecified atom stereocenters. The number of rotatable bonds is 6. The number of hydrogen-bond acceptors (Lipinski definition) is 3. The van der Waals surface area contributed by atoms with Gasteiger partial charge in [-0.2, -0.15) is 0 Å². The van der Waals surface area contributed by atoms with E-state index in [-0.39, 0.29) is 12.5 Å². The summed E-state index contributed by atoms with van der Waals surface area (Å²) in [6, 6.07) is 28.1. The molecule has 29 heavy (non-hydrogen) atoms. The van der Waals surface area contributed by atoms with Gasteiger partial charge in [-0.05, 0) is 35.7 Å². The second-order valence-electron chi connectivity index (χ2n) is 7.55. The van der Waals surface area contributed by atoms with Crippen LogP contribution in [0.1, 0.15) is 23.6 Å². The van der Waals surface area contributed by atoms with E-state index in [1.54, 1.807) is 0 Å². The molecular formula is C25H25NO3. The second-order valence-corrected chi connectivity index (χ2v) is 7.55. The number of hydrogen-bond donors (Lipinski definition) is 0. The number of ether oxygens (including phenoxy) is 2. The third kappa shape index (κ3) is 4.66. The van der Waals surface area contributed by atoms with E-state index in [2.05, 4.69) is 0 Å². The van der Waals surface area contributed by atoms with Crippen LogP contribution in [-0.2, 0) is 28.3 Å². The highest BCUT2D eigenvalue weighted by Gasteiger charge is 2.37. The maximum atomic E-state index is 12.4. The Kier molecular flexibility index (Phi) is 5.63. The molecule has 1 amide bonds. The first kappa shape index (κ1) is 19.2. The fraction of sp³-hybridized carbons (Fsp3) is 0.240. The molecule has 3 aromatic rings. The zero-order valence-corrected chi connectivity index (χ0v) is 16.6. The third-order valence-corrected chi connectivity index (χ3v) is 5.29. The topological polar surface area (TPSA) is 38.8 Å². The van der Waals surface area contributed by atoms with Crippen LogP contribution in [0.15, 0.2) is 84.9 Å². The molecule has 1 fully saturated rings. The molecule has 4 heteroatoms. The van der Waals surface area contributed by atoms with Gasteiger partial charge >= 0.3 is 0 Å². The van der Waals surface area contributed by atoms with Gasteiger partial charge in [-0.15, -0.1) is 0 Å². The molecule has 1 aliphatic rings. The highest BCUT2D eigenvalue weighted by molar-refractivity contribution is 5.78. The molecule has 3 aromatic carbocycles. The second kappa shape index (κ2) is 8.50. The molecule has 1 saturated heterocycles. The van der Waals surface area contributed by atoms with Gasteiger partial charge in [0, 0.05) is 6.54 Å². The summed E-state index contributed by atoms with van der Waals surface area (Å²) in [6.07, 6.45) is 0. The Balaban J connectivity index is 1.43. The van der Waals surface area contributed by atoms with Crippen LogP contribution in [-0.4, -0.2) is 24.0 Å². The summed E-state index contributed by atoms with van der Waals surface area (Å²) in [6.45, 7) is 3.78. The average Bonchev–Trinajstić information content (AvgIpc) is 2.77. The summed E-state index contributed by atoms with van der Waals surface area (Å²) in [5.41, 5.74) is 2.75. The molecule has 1 aliphatic heterocycles. The van der Waals surface area contributed by atoms with Crippen LogP contribution in [0, 0.1) is 0 Å². The molecule has 0 radical (unpaired) electrons. The predicted molar refractivity (Wildman–Crippen MR) is 112 cm³/mol. The molecule has 1 atom stereocenters. The van der Waals surface area contributed by atoms with Gasteiger partial charge in [0.15, 0.2) is 0 Å². The van der Waals surface area contributed by atoms with Crippen molar-refractivity contribution in [1.82, 2.24) is 4.90 Å². The van der Waals surface area contributed by atoms with Gasteiger partial charge in [-0.25, -0.2) is 0 Å². The zero-order chi connectivity index (χ0) is 20.1. The van der Waals surface area contributed by atoms with E-state index in [1.165, 1.54) is 0 Å². The van der Waals surface area contributed by atoms with Crippen LogP contribution in [0.4, 0.5) is 0 Å². The van der Waals surface area contributed by atoms with Crippen molar-refractivity contribution >= 4 is 5.91 Å². The van der Waals surface area contributed by atoms with Gasteiger partial charge < -0.3 is 14.4 Å². The van der Waals surface area contributed by atoms with Crippen molar-refractivity contribution in [2.75, 3.05) is 13.2 Å². The Morgan fingerprint density at radius 3 is 2.17 bits per heavy atom. The Morgan fingerprint density at radius 1 is 0.897 bits per heavy atom. The number of benzene rings is 3. The van der Waals surface area contributed by atoms with Gasteiger partial charge in [-0.3, -0.25) is 4.79 Å². The van der Waals surface area contributed by atoms with Gasteiger partial charge in [-0.1, -0.05) is 72.8 Å². The van der Waals surface area contributed by atoms with Crippen molar-refractivity contribution in [2.45, 2.75) is 25.7 Å². The first-order chi connectivity index (χ1) is 14.1. The lowest BCUT2D eigenvalue weighted by Crippen LogP contribution is -2.50. The fourth-order valence-corrected chi connectivity index (χ4v) is 3.58. The summed E-state index contributed by atoms with van der Waals surface area (Å²) in [5.74, 6) is 0.836. The van der Waals surface area contributed by atoms with Crippen LogP contribution in [0.5, 0.6) is 5.75 Å². The molecule has 4 rings (SSSR count). The molecule has 0 aromatic heterocycles. The van der Waals surface area contributed by atoms with E-state index in [4.69, 9.17) is 9.47 Å². The third-order valence-electron chi connectivity index (χ3n) is 5.29. The zero-order valence-electron chi connectivity index (χ0n) is 16.6. The van der Waals surface area contributed by atoms with Crippen molar-refractivity contribution in [1.29, 1.82) is 0 Å². The molecule has 1 heterocycles. The predicted octanol–water partition coefficient (Wildman–Crippen LogP) is 4.54. The Bertz CT molecular complexity index is 941. The molecule has 4 nitrogen and oxygen atoms in total. The molecule has 0 aliphatic carbocycles. The molecule has 0 spiro atoms. The van der Waals surface area contributed by atoms with E-state index in [0.717, 1.165) is 22.4 Å². The van der Waals surface area contributed by atoms with E-state index >= 15 is 0 Å². The minimum absolute atomic E-state index is 0.0224. The first-order valence-corrected chi connectivity index (χ1v) is 9.85. The Labute approximate surface area is 171 Å². The Hall–Kier alpha value is -3.11. The van der Waals surface area contributed by atoms with E-state index in [1.807, 2.05) is 96.8 Å². The summed E-state index contributed by atoms with van der Waals surface area (Å²) < 4.78 is 11.8. The van der Waals surface area contributed by atoms with Gasteiger partial charge in [0.1, 0.15) is 24.6 Å². The normalized spacial score (nSPS) is 19.2. The van der Waals surface area contributed by atoms with E-state index < -0.39 is 5.60 Å². The molecular weight excluding hydrogens is 362 g/mol. The summed E-state index contributed by atoms with van der Waals surface area (Å²) in [7, 11) is 0. The summed E-state index contributed by atoms with van der Waals surface area (Å²) >= 11 is 0. The minimum atomic E-state index is -0.541. The Morgan fingerprint density at radius 2 is 1.52 bits per heavy atom. The lowest BCUT2D eigenvalue weighted by molar-refractivity contribution is -0.163. The van der Waals surface area contributed by atoms with Gasteiger partial charge in [0.05, 0.1) is 6.54 Å². The van der Waals surface area contributed by atoms with Crippen LogP contribution >= 0.6 is 0 Å². The summed E-state index contributed by atoms with van der Waals surface area (Å²) in [5, 5.41) is 0.